The molecule has 0 aliphatic carbocycles. The predicted octanol–water partition coefficient (Wildman–Crippen LogP) is 3.19. The molecule has 1 N–H and O–H groups in total. The standard InChI is InChI=1S/C22H26N4O/c1-12-6-13(2)19(14(3)7-12)21(27)20-18-11-26(10-17(18)9-23-20)22-24-15(4)8-16(5)25-22/h6-8,11,17,20,23H,9-10H2,1-5H3. The number of hydrogen-bond acceptors (Lipinski definition) is 5. The van der Waals surface area contributed by atoms with Crippen LogP contribution < -0.4 is 10.2 Å². The Morgan fingerprint density at radius 2 is 1.67 bits per heavy atom. The summed E-state index contributed by atoms with van der Waals surface area (Å²) in [7, 11) is 0. The van der Waals surface area contributed by atoms with Gasteiger partial charge in [-0.1, -0.05) is 17.7 Å². The fourth-order valence-electron chi connectivity index (χ4n) is 4.48. The molecule has 3 heterocycles. The molecule has 5 nitrogen and oxygen atoms in total. The largest absolute Gasteiger partial charge is 0.316 e. The van der Waals surface area contributed by atoms with Crippen molar-refractivity contribution in [1.82, 2.24) is 15.3 Å². The molecule has 1 saturated heterocycles. The number of aromatic nitrogens is 2. The van der Waals surface area contributed by atoms with Crippen LogP contribution in [-0.4, -0.2) is 34.9 Å². The van der Waals surface area contributed by atoms with Gasteiger partial charge in [-0.3, -0.25) is 4.79 Å². The fourth-order valence-corrected chi connectivity index (χ4v) is 4.48. The number of aryl methyl sites for hydroxylation is 5. The van der Waals surface area contributed by atoms with E-state index >= 15 is 0 Å². The van der Waals surface area contributed by atoms with E-state index in [4.69, 9.17) is 0 Å². The van der Waals surface area contributed by atoms with Crippen LogP contribution in [0.1, 0.15) is 38.4 Å². The third-order valence-electron chi connectivity index (χ3n) is 5.51. The van der Waals surface area contributed by atoms with E-state index in [1.165, 1.54) is 5.56 Å². The van der Waals surface area contributed by atoms with Crippen LogP contribution in [0.4, 0.5) is 5.95 Å². The first kappa shape index (κ1) is 17.9. The molecule has 0 saturated carbocycles. The maximum Gasteiger partial charge on any atom is 0.229 e. The summed E-state index contributed by atoms with van der Waals surface area (Å²) in [5.74, 6) is 1.22. The Labute approximate surface area is 160 Å². The summed E-state index contributed by atoms with van der Waals surface area (Å²) in [5.41, 5.74) is 7.22. The second kappa shape index (κ2) is 6.57. The topological polar surface area (TPSA) is 58.1 Å². The van der Waals surface area contributed by atoms with E-state index in [-0.39, 0.29) is 11.8 Å². The number of nitrogens with one attached hydrogen (secondary N) is 1. The van der Waals surface area contributed by atoms with Gasteiger partial charge in [0.05, 0.1) is 6.04 Å². The van der Waals surface area contributed by atoms with Gasteiger partial charge in [0, 0.05) is 42.2 Å². The molecular weight excluding hydrogens is 336 g/mol. The molecule has 0 amide bonds. The van der Waals surface area contributed by atoms with Gasteiger partial charge in [0.15, 0.2) is 5.78 Å². The lowest BCUT2D eigenvalue weighted by Crippen LogP contribution is -2.34. The van der Waals surface area contributed by atoms with Crippen molar-refractivity contribution in [2.75, 3.05) is 18.0 Å². The number of nitrogens with zero attached hydrogens (tertiary/aromatic N) is 3. The Balaban J connectivity index is 1.66. The smallest absolute Gasteiger partial charge is 0.229 e. The number of rotatable bonds is 3. The fraction of sp³-hybridized carbons (Fsp3) is 0.409. The van der Waals surface area contributed by atoms with E-state index in [0.29, 0.717) is 5.92 Å². The molecule has 4 rings (SSSR count). The molecule has 27 heavy (non-hydrogen) atoms. The molecule has 1 aromatic carbocycles. The number of carbonyl (C=O) groups is 1. The Morgan fingerprint density at radius 1 is 1.04 bits per heavy atom. The van der Waals surface area contributed by atoms with Crippen LogP contribution in [0.25, 0.3) is 0 Å². The van der Waals surface area contributed by atoms with Crippen LogP contribution in [0.15, 0.2) is 30.0 Å². The van der Waals surface area contributed by atoms with E-state index in [1.54, 1.807) is 0 Å². The molecule has 5 heteroatoms. The van der Waals surface area contributed by atoms with E-state index < -0.39 is 0 Å². The molecular formula is C22H26N4O. The zero-order valence-electron chi connectivity index (χ0n) is 16.6. The number of hydrogen-bond donors (Lipinski definition) is 1. The lowest BCUT2D eigenvalue weighted by atomic mass is 9.90. The minimum Gasteiger partial charge on any atom is -0.316 e. The van der Waals surface area contributed by atoms with Crippen molar-refractivity contribution in [1.29, 1.82) is 0 Å². The maximum atomic E-state index is 13.3. The summed E-state index contributed by atoms with van der Waals surface area (Å²) >= 11 is 0. The van der Waals surface area contributed by atoms with Crippen LogP contribution in [0.3, 0.4) is 0 Å². The minimum absolute atomic E-state index is 0.168. The quantitative estimate of drug-likeness (QED) is 0.850. The third-order valence-corrected chi connectivity index (χ3v) is 5.51. The van der Waals surface area contributed by atoms with Gasteiger partial charge >= 0.3 is 0 Å². The summed E-state index contributed by atoms with van der Waals surface area (Å²) in [5, 5.41) is 3.44. The Morgan fingerprint density at radius 3 is 2.30 bits per heavy atom. The Hall–Kier alpha value is -2.53. The molecule has 2 aliphatic rings. The van der Waals surface area contributed by atoms with Crippen molar-refractivity contribution >= 4 is 11.7 Å². The van der Waals surface area contributed by atoms with Gasteiger partial charge in [-0.2, -0.15) is 0 Å². The van der Waals surface area contributed by atoms with Gasteiger partial charge in [-0.05, 0) is 57.4 Å². The minimum atomic E-state index is -0.258. The number of ketones is 1. The van der Waals surface area contributed by atoms with Crippen molar-refractivity contribution in [3.63, 3.8) is 0 Å². The predicted molar refractivity (Wildman–Crippen MR) is 107 cm³/mol. The summed E-state index contributed by atoms with van der Waals surface area (Å²) < 4.78 is 0. The monoisotopic (exact) mass is 362 g/mol. The number of fused-ring (bicyclic) bond motifs is 1. The molecule has 2 unspecified atom stereocenters. The van der Waals surface area contributed by atoms with Crippen molar-refractivity contribution in [3.8, 4) is 0 Å². The molecule has 2 atom stereocenters. The van der Waals surface area contributed by atoms with Crippen molar-refractivity contribution < 1.29 is 4.79 Å². The van der Waals surface area contributed by atoms with Crippen LogP contribution in [0, 0.1) is 40.5 Å². The molecule has 140 valence electrons. The molecule has 1 aromatic heterocycles. The van der Waals surface area contributed by atoms with E-state index in [2.05, 4.69) is 45.4 Å². The average molecular weight is 362 g/mol. The zero-order valence-corrected chi connectivity index (χ0v) is 16.6. The summed E-state index contributed by atoms with van der Waals surface area (Å²) in [6.45, 7) is 11.7. The van der Waals surface area contributed by atoms with Crippen LogP contribution >= 0.6 is 0 Å². The number of carbonyl (C=O) groups excluding carboxylic acids is 1. The van der Waals surface area contributed by atoms with E-state index in [9.17, 15) is 4.79 Å². The van der Waals surface area contributed by atoms with Crippen molar-refractivity contribution in [2.24, 2.45) is 5.92 Å². The highest BCUT2D eigenvalue weighted by atomic mass is 16.1. The number of benzene rings is 1. The Kier molecular flexibility index (Phi) is 4.35. The normalized spacial score (nSPS) is 21.4. The second-order valence-corrected chi connectivity index (χ2v) is 7.91. The van der Waals surface area contributed by atoms with Crippen LogP contribution in [-0.2, 0) is 0 Å². The van der Waals surface area contributed by atoms with Gasteiger partial charge < -0.3 is 10.2 Å². The lowest BCUT2D eigenvalue weighted by Gasteiger charge is -2.17. The van der Waals surface area contributed by atoms with Crippen molar-refractivity contribution in [2.45, 2.75) is 40.7 Å². The lowest BCUT2D eigenvalue weighted by molar-refractivity contribution is 0.0965. The highest BCUT2D eigenvalue weighted by Gasteiger charge is 2.40. The van der Waals surface area contributed by atoms with Gasteiger partial charge in [-0.15, -0.1) is 0 Å². The van der Waals surface area contributed by atoms with Gasteiger partial charge in [0.1, 0.15) is 0 Å². The Bertz CT molecular complexity index is 920. The first-order valence-electron chi connectivity index (χ1n) is 9.49. The average Bonchev–Trinajstić information content (AvgIpc) is 3.12. The summed E-state index contributed by atoms with van der Waals surface area (Å²) in [6, 6.07) is 5.90. The highest BCUT2D eigenvalue weighted by Crippen LogP contribution is 2.33. The number of Topliss-reactive ketones (excluding diaryl/α,β-unsaturated/α-hetero) is 1. The number of anilines is 1. The van der Waals surface area contributed by atoms with E-state index in [1.807, 2.05) is 33.8 Å². The van der Waals surface area contributed by atoms with Gasteiger partial charge in [0.2, 0.25) is 5.95 Å². The third kappa shape index (κ3) is 3.16. The SMILES string of the molecule is Cc1cc(C)c(C(=O)C2NCC3CN(c4nc(C)cc(C)n4)C=C32)c(C)c1. The molecule has 0 bridgehead atoms. The zero-order chi connectivity index (χ0) is 19.3. The first-order valence-corrected chi connectivity index (χ1v) is 9.49. The second-order valence-electron chi connectivity index (χ2n) is 7.91. The molecule has 0 spiro atoms. The van der Waals surface area contributed by atoms with Crippen molar-refractivity contribution in [3.05, 3.63) is 63.6 Å². The molecule has 0 radical (unpaired) electrons. The van der Waals surface area contributed by atoms with Gasteiger partial charge in [0.25, 0.3) is 0 Å². The molecule has 2 aromatic rings. The van der Waals surface area contributed by atoms with Crippen LogP contribution in [0.2, 0.25) is 0 Å². The van der Waals surface area contributed by atoms with Gasteiger partial charge in [-0.25, -0.2) is 9.97 Å². The maximum absolute atomic E-state index is 13.3. The molecule has 2 aliphatic heterocycles. The summed E-state index contributed by atoms with van der Waals surface area (Å²) in [4.78, 5) is 24.6. The first-order chi connectivity index (χ1) is 12.8. The van der Waals surface area contributed by atoms with Crippen LogP contribution in [0.5, 0.6) is 0 Å². The summed E-state index contributed by atoms with van der Waals surface area (Å²) in [6.07, 6.45) is 2.08. The van der Waals surface area contributed by atoms with E-state index in [0.717, 1.165) is 52.7 Å². The molecule has 1 fully saturated rings. The highest BCUT2D eigenvalue weighted by molar-refractivity contribution is 6.05.